The first kappa shape index (κ1) is 15.9. The zero-order chi connectivity index (χ0) is 13.5. The van der Waals surface area contributed by atoms with Gasteiger partial charge in [0.1, 0.15) is 0 Å². The number of carbonyl (C=O) groups is 2. The molecule has 0 amide bonds. The summed E-state index contributed by atoms with van der Waals surface area (Å²) in [5.74, 6) is -2.07. The highest BCUT2D eigenvalue weighted by molar-refractivity contribution is 5.67. The highest BCUT2D eigenvalue weighted by Crippen LogP contribution is 2.27. The van der Waals surface area contributed by atoms with Crippen LogP contribution >= 0.6 is 0 Å². The van der Waals surface area contributed by atoms with E-state index in [9.17, 15) is 9.59 Å². The Morgan fingerprint density at radius 3 is 2.18 bits per heavy atom. The summed E-state index contributed by atoms with van der Waals surface area (Å²) in [6, 6.07) is 0. The fourth-order valence-electron chi connectivity index (χ4n) is 1.65. The summed E-state index contributed by atoms with van der Waals surface area (Å²) < 4.78 is 15.6. The van der Waals surface area contributed by atoms with Gasteiger partial charge in [-0.25, -0.2) is 0 Å². The van der Waals surface area contributed by atoms with Crippen molar-refractivity contribution < 1.29 is 23.8 Å². The molecule has 0 saturated carbocycles. The second-order valence-electron chi connectivity index (χ2n) is 3.96. The Morgan fingerprint density at radius 1 is 1.24 bits per heavy atom. The first-order chi connectivity index (χ1) is 7.88. The van der Waals surface area contributed by atoms with Gasteiger partial charge in [-0.05, 0) is 13.3 Å². The van der Waals surface area contributed by atoms with Crippen molar-refractivity contribution in [3.8, 4) is 0 Å². The van der Waals surface area contributed by atoms with Crippen LogP contribution in [0.25, 0.3) is 0 Å². The molecule has 2 atom stereocenters. The van der Waals surface area contributed by atoms with Gasteiger partial charge in [0.25, 0.3) is 0 Å². The molecule has 0 fully saturated rings. The van der Waals surface area contributed by atoms with Crippen LogP contribution in [0.1, 0.15) is 47.0 Å². The number of methoxy groups -OCH3 is 1. The standard InChI is InChI=1S/C12H22O5/c1-6-7-8-12(15-5,17-11(4)14)9(2)16-10(3)13/h9H,6-8H2,1-5H3. The summed E-state index contributed by atoms with van der Waals surface area (Å²) in [5, 5.41) is 0. The SMILES string of the molecule is CCCCC(OC)(OC(C)=O)C(C)OC(C)=O. The highest BCUT2D eigenvalue weighted by Gasteiger charge is 2.41. The summed E-state index contributed by atoms with van der Waals surface area (Å²) in [6.07, 6.45) is 1.60. The van der Waals surface area contributed by atoms with E-state index in [1.54, 1.807) is 6.92 Å². The molecule has 0 aliphatic carbocycles. The minimum absolute atomic E-state index is 0.428. The lowest BCUT2D eigenvalue weighted by atomic mass is 10.0. The van der Waals surface area contributed by atoms with E-state index in [1.165, 1.54) is 21.0 Å². The van der Waals surface area contributed by atoms with E-state index in [0.717, 1.165) is 12.8 Å². The van der Waals surface area contributed by atoms with E-state index in [0.29, 0.717) is 6.42 Å². The van der Waals surface area contributed by atoms with Crippen LogP contribution in [0.3, 0.4) is 0 Å². The van der Waals surface area contributed by atoms with Crippen molar-refractivity contribution in [2.45, 2.75) is 58.8 Å². The number of hydrogen-bond donors (Lipinski definition) is 0. The predicted molar refractivity (Wildman–Crippen MR) is 62.3 cm³/mol. The van der Waals surface area contributed by atoms with E-state index in [-0.39, 0.29) is 0 Å². The van der Waals surface area contributed by atoms with Crippen LogP contribution in [0.5, 0.6) is 0 Å². The third-order valence-corrected chi connectivity index (χ3v) is 2.50. The number of rotatable bonds is 7. The van der Waals surface area contributed by atoms with Crippen LogP contribution in [0, 0.1) is 0 Å². The highest BCUT2D eigenvalue weighted by atomic mass is 16.7. The summed E-state index contributed by atoms with van der Waals surface area (Å²) >= 11 is 0. The van der Waals surface area contributed by atoms with Crippen molar-refractivity contribution in [2.24, 2.45) is 0 Å². The molecule has 0 bridgehead atoms. The van der Waals surface area contributed by atoms with Crippen LogP contribution in [0.4, 0.5) is 0 Å². The lowest BCUT2D eigenvalue weighted by Gasteiger charge is -2.35. The van der Waals surface area contributed by atoms with Crippen molar-refractivity contribution in [1.82, 2.24) is 0 Å². The molecule has 0 N–H and O–H groups in total. The van der Waals surface area contributed by atoms with Crippen molar-refractivity contribution in [2.75, 3.05) is 7.11 Å². The van der Waals surface area contributed by atoms with E-state index in [4.69, 9.17) is 14.2 Å². The van der Waals surface area contributed by atoms with Gasteiger partial charge in [-0.15, -0.1) is 0 Å². The summed E-state index contributed by atoms with van der Waals surface area (Å²) in [5.41, 5.74) is 0. The quantitative estimate of drug-likeness (QED) is 0.508. The Balaban J connectivity index is 4.87. The predicted octanol–water partition coefficient (Wildman–Crippen LogP) is 2.03. The molecule has 0 radical (unpaired) electrons. The topological polar surface area (TPSA) is 61.8 Å². The molecular formula is C12H22O5. The van der Waals surface area contributed by atoms with Gasteiger partial charge in [0, 0.05) is 27.4 Å². The zero-order valence-electron chi connectivity index (χ0n) is 11.2. The molecule has 0 spiro atoms. The first-order valence-corrected chi connectivity index (χ1v) is 5.80. The van der Waals surface area contributed by atoms with Gasteiger partial charge in [-0.2, -0.15) is 0 Å². The van der Waals surface area contributed by atoms with E-state index >= 15 is 0 Å². The monoisotopic (exact) mass is 246 g/mol. The zero-order valence-corrected chi connectivity index (χ0v) is 11.2. The van der Waals surface area contributed by atoms with E-state index in [2.05, 4.69) is 0 Å². The van der Waals surface area contributed by atoms with Crippen molar-refractivity contribution in [1.29, 1.82) is 0 Å². The van der Waals surface area contributed by atoms with Gasteiger partial charge >= 0.3 is 11.9 Å². The lowest BCUT2D eigenvalue weighted by molar-refractivity contribution is -0.264. The van der Waals surface area contributed by atoms with Crippen LogP contribution < -0.4 is 0 Å². The fraction of sp³-hybridized carbons (Fsp3) is 0.833. The maximum Gasteiger partial charge on any atom is 0.305 e. The molecule has 0 aromatic heterocycles. The summed E-state index contributed by atoms with van der Waals surface area (Å²) in [4.78, 5) is 22.1. The van der Waals surface area contributed by atoms with Gasteiger partial charge < -0.3 is 14.2 Å². The number of carbonyl (C=O) groups excluding carboxylic acids is 2. The molecule has 0 saturated heterocycles. The van der Waals surface area contributed by atoms with Crippen molar-refractivity contribution >= 4 is 11.9 Å². The van der Waals surface area contributed by atoms with E-state index in [1.807, 2.05) is 6.92 Å². The Labute approximate surface area is 102 Å². The van der Waals surface area contributed by atoms with Gasteiger partial charge in [0.05, 0.1) is 0 Å². The molecule has 0 aliphatic rings. The molecule has 0 heterocycles. The average Bonchev–Trinajstić information content (AvgIpc) is 2.22. The Kier molecular flexibility index (Phi) is 6.80. The molecule has 100 valence electrons. The lowest BCUT2D eigenvalue weighted by Crippen LogP contribution is -2.48. The maximum atomic E-state index is 11.1. The second-order valence-corrected chi connectivity index (χ2v) is 3.96. The smallest absolute Gasteiger partial charge is 0.305 e. The van der Waals surface area contributed by atoms with E-state index < -0.39 is 23.8 Å². The number of hydrogen-bond acceptors (Lipinski definition) is 5. The minimum Gasteiger partial charge on any atom is -0.456 e. The van der Waals surface area contributed by atoms with Crippen LogP contribution in [0.2, 0.25) is 0 Å². The molecular weight excluding hydrogens is 224 g/mol. The largest absolute Gasteiger partial charge is 0.456 e. The van der Waals surface area contributed by atoms with Crippen LogP contribution in [-0.4, -0.2) is 30.9 Å². The fourth-order valence-corrected chi connectivity index (χ4v) is 1.65. The average molecular weight is 246 g/mol. The second kappa shape index (κ2) is 7.27. The maximum absolute atomic E-state index is 11.1. The summed E-state index contributed by atoms with van der Waals surface area (Å²) in [7, 11) is 1.44. The third-order valence-electron chi connectivity index (χ3n) is 2.50. The van der Waals surface area contributed by atoms with Crippen LogP contribution in [-0.2, 0) is 23.8 Å². The molecule has 0 rings (SSSR count). The van der Waals surface area contributed by atoms with Gasteiger partial charge in [-0.1, -0.05) is 13.3 Å². The van der Waals surface area contributed by atoms with Gasteiger partial charge in [0.15, 0.2) is 6.10 Å². The Morgan fingerprint density at radius 2 is 1.82 bits per heavy atom. The molecule has 17 heavy (non-hydrogen) atoms. The third kappa shape index (κ3) is 5.17. The van der Waals surface area contributed by atoms with Crippen LogP contribution in [0.15, 0.2) is 0 Å². The normalized spacial score (nSPS) is 15.8. The van der Waals surface area contributed by atoms with Crippen molar-refractivity contribution in [3.63, 3.8) is 0 Å². The molecule has 5 nitrogen and oxygen atoms in total. The Bertz CT molecular complexity index is 264. The summed E-state index contributed by atoms with van der Waals surface area (Å²) in [6.45, 7) is 6.29. The first-order valence-electron chi connectivity index (χ1n) is 5.80. The molecule has 5 heteroatoms. The molecule has 0 aliphatic heterocycles. The Hall–Kier alpha value is -1.10. The minimum atomic E-state index is -1.19. The molecule has 0 aromatic carbocycles. The van der Waals surface area contributed by atoms with Gasteiger partial charge in [-0.3, -0.25) is 9.59 Å². The number of ether oxygens (including phenoxy) is 3. The molecule has 2 unspecified atom stereocenters. The number of unbranched alkanes of at least 4 members (excludes halogenated alkanes) is 1. The molecule has 0 aromatic rings. The number of esters is 2. The van der Waals surface area contributed by atoms with Crippen molar-refractivity contribution in [3.05, 3.63) is 0 Å². The van der Waals surface area contributed by atoms with Gasteiger partial charge in [0.2, 0.25) is 5.79 Å².